The molecule has 0 aliphatic heterocycles. The summed E-state index contributed by atoms with van der Waals surface area (Å²) in [7, 11) is 0. The molecular formula is C3H3Cl2KO4. The molecule has 0 fully saturated rings. The van der Waals surface area contributed by atoms with Crippen molar-refractivity contribution < 1.29 is 19.8 Å². The summed E-state index contributed by atoms with van der Waals surface area (Å²) in [6.07, 6.45) is 0. The minimum absolute atomic E-state index is 0. The van der Waals surface area contributed by atoms with E-state index >= 15 is 0 Å². The molecule has 0 aromatic carbocycles. The van der Waals surface area contributed by atoms with E-state index < -0.39 is 16.3 Å². The zero-order chi connectivity index (χ0) is 7.65. The number of alkyl halides is 2. The van der Waals surface area contributed by atoms with Gasteiger partial charge in [-0.2, -0.15) is 0 Å². The molecule has 0 amide bonds. The van der Waals surface area contributed by atoms with Crippen LogP contribution in [-0.4, -0.2) is 77.9 Å². The zero-order valence-corrected chi connectivity index (χ0v) is 5.48. The summed E-state index contributed by atoms with van der Waals surface area (Å²) in [5.74, 6) is -3.59. The Balaban J connectivity index is 0. The fraction of sp³-hybridized carbons (Fsp3) is 0.333. The van der Waals surface area contributed by atoms with E-state index in [9.17, 15) is 9.59 Å². The molecule has 0 aliphatic carbocycles. The van der Waals surface area contributed by atoms with E-state index in [1.54, 1.807) is 0 Å². The van der Waals surface area contributed by atoms with E-state index in [0.717, 1.165) is 0 Å². The number of carboxylic acids is 2. The summed E-state index contributed by atoms with van der Waals surface area (Å²) >= 11 is 9.54. The van der Waals surface area contributed by atoms with Crippen molar-refractivity contribution in [3.63, 3.8) is 0 Å². The van der Waals surface area contributed by atoms with Gasteiger partial charge in [0, 0.05) is 0 Å². The first-order valence-electron chi connectivity index (χ1n) is 1.73. The third-order valence-corrected chi connectivity index (χ3v) is 1.18. The molecule has 0 aromatic rings. The predicted octanol–water partition coefficient (Wildman–Crippen LogP) is -0.319. The van der Waals surface area contributed by atoms with Crippen molar-refractivity contribution in [1.29, 1.82) is 0 Å². The number of hydrogen-bond donors (Lipinski definition) is 2. The molecule has 0 bridgehead atoms. The standard InChI is InChI=1S/C3H2Cl2O4.K.H/c4-3(5,1(6)7)2(8)9;;/h(H,6,7)(H,8,9);;. The summed E-state index contributed by atoms with van der Waals surface area (Å²) in [4.78, 5) is 19.6. The summed E-state index contributed by atoms with van der Waals surface area (Å²) in [5.41, 5.74) is 0. The fourth-order valence-electron chi connectivity index (χ4n) is 0.0915. The molecule has 2 N–H and O–H groups in total. The number of aliphatic carboxylic acids is 2. The Morgan fingerprint density at radius 3 is 1.30 bits per heavy atom. The molecule has 54 valence electrons. The Morgan fingerprint density at radius 1 is 1.10 bits per heavy atom. The van der Waals surface area contributed by atoms with E-state index in [1.165, 1.54) is 0 Å². The second-order valence-electron chi connectivity index (χ2n) is 1.18. The van der Waals surface area contributed by atoms with Crippen molar-refractivity contribution in [2.75, 3.05) is 0 Å². The van der Waals surface area contributed by atoms with E-state index in [1.807, 2.05) is 0 Å². The molecule has 0 spiro atoms. The second-order valence-corrected chi connectivity index (χ2v) is 2.51. The molecule has 0 saturated heterocycles. The Morgan fingerprint density at radius 2 is 1.30 bits per heavy atom. The number of hydrogen-bond acceptors (Lipinski definition) is 2. The Bertz CT molecular complexity index is 141. The van der Waals surface area contributed by atoms with Crippen LogP contribution in [0.4, 0.5) is 0 Å². The average Bonchev–Trinajstić information content (AvgIpc) is 1.65. The van der Waals surface area contributed by atoms with Crippen LogP contribution in [0, 0.1) is 0 Å². The summed E-state index contributed by atoms with van der Waals surface area (Å²) in [6, 6.07) is 0. The number of rotatable bonds is 2. The first-order chi connectivity index (χ1) is 3.89. The van der Waals surface area contributed by atoms with Crippen molar-refractivity contribution in [2.24, 2.45) is 0 Å². The summed E-state index contributed by atoms with van der Waals surface area (Å²) in [5, 5.41) is 15.9. The first kappa shape index (κ1) is 13.7. The van der Waals surface area contributed by atoms with Gasteiger partial charge in [0.25, 0.3) is 0 Å². The summed E-state index contributed by atoms with van der Waals surface area (Å²) < 4.78 is -2.72. The molecule has 0 saturated carbocycles. The number of carbonyl (C=O) groups is 2. The van der Waals surface area contributed by atoms with Gasteiger partial charge in [-0.05, 0) is 0 Å². The van der Waals surface area contributed by atoms with Crippen LogP contribution >= 0.6 is 23.2 Å². The van der Waals surface area contributed by atoms with Gasteiger partial charge in [-0.3, -0.25) is 0 Å². The third kappa shape index (κ3) is 3.52. The van der Waals surface area contributed by atoms with Gasteiger partial charge in [0.05, 0.1) is 0 Å². The van der Waals surface area contributed by atoms with Crippen LogP contribution in [0.1, 0.15) is 0 Å². The van der Waals surface area contributed by atoms with Crippen LogP contribution in [-0.2, 0) is 9.59 Å². The Kier molecular flexibility index (Phi) is 6.75. The van der Waals surface area contributed by atoms with Crippen molar-refractivity contribution >= 4 is 86.5 Å². The minimum atomic E-state index is -2.72. The number of carboxylic acid groups (broad SMARTS) is 2. The van der Waals surface area contributed by atoms with Crippen molar-refractivity contribution in [3.05, 3.63) is 0 Å². The molecule has 0 aliphatic rings. The SMILES string of the molecule is O=C(O)C(Cl)(Cl)C(=O)O.[KH]. The van der Waals surface area contributed by atoms with Gasteiger partial charge in [-0.1, -0.05) is 23.2 Å². The molecule has 0 radical (unpaired) electrons. The average molecular weight is 213 g/mol. The van der Waals surface area contributed by atoms with E-state index in [-0.39, 0.29) is 51.4 Å². The van der Waals surface area contributed by atoms with Crippen molar-refractivity contribution in [2.45, 2.75) is 4.33 Å². The quantitative estimate of drug-likeness (QED) is 0.374. The normalized spacial score (nSPS) is 9.80. The molecule has 0 atom stereocenters. The molecule has 0 aromatic heterocycles. The predicted molar refractivity (Wildman–Crippen MR) is 36.9 cm³/mol. The van der Waals surface area contributed by atoms with Crippen molar-refractivity contribution in [3.8, 4) is 0 Å². The van der Waals surface area contributed by atoms with Crippen LogP contribution in [0.25, 0.3) is 0 Å². The van der Waals surface area contributed by atoms with Gasteiger partial charge in [0.2, 0.25) is 0 Å². The van der Waals surface area contributed by atoms with Crippen LogP contribution in [0.5, 0.6) is 0 Å². The summed E-state index contributed by atoms with van der Waals surface area (Å²) in [6.45, 7) is 0. The van der Waals surface area contributed by atoms with Gasteiger partial charge >= 0.3 is 67.7 Å². The van der Waals surface area contributed by atoms with Gasteiger partial charge in [-0.15, -0.1) is 0 Å². The topological polar surface area (TPSA) is 74.6 Å². The van der Waals surface area contributed by atoms with Gasteiger partial charge < -0.3 is 10.2 Å². The Labute approximate surface area is 109 Å². The first-order valence-corrected chi connectivity index (χ1v) is 2.49. The van der Waals surface area contributed by atoms with E-state index in [2.05, 4.69) is 0 Å². The Hall–Kier alpha value is 1.16. The monoisotopic (exact) mass is 212 g/mol. The molecular weight excluding hydrogens is 210 g/mol. The molecule has 0 rings (SSSR count). The van der Waals surface area contributed by atoms with Crippen LogP contribution in [0.15, 0.2) is 0 Å². The molecule has 7 heteroatoms. The molecule has 10 heavy (non-hydrogen) atoms. The third-order valence-electron chi connectivity index (χ3n) is 0.537. The van der Waals surface area contributed by atoms with Crippen LogP contribution in [0.3, 0.4) is 0 Å². The van der Waals surface area contributed by atoms with Crippen LogP contribution < -0.4 is 0 Å². The van der Waals surface area contributed by atoms with Crippen LogP contribution in [0.2, 0.25) is 0 Å². The van der Waals surface area contributed by atoms with E-state index in [4.69, 9.17) is 33.4 Å². The second kappa shape index (κ2) is 4.92. The maximum absolute atomic E-state index is 9.82. The molecule has 0 heterocycles. The van der Waals surface area contributed by atoms with Gasteiger partial charge in [0.15, 0.2) is 0 Å². The van der Waals surface area contributed by atoms with Gasteiger partial charge in [0.1, 0.15) is 0 Å². The van der Waals surface area contributed by atoms with E-state index in [0.29, 0.717) is 0 Å². The van der Waals surface area contributed by atoms with Crippen molar-refractivity contribution in [1.82, 2.24) is 0 Å². The number of halogens is 2. The zero-order valence-electron chi connectivity index (χ0n) is 3.97. The molecule has 4 nitrogen and oxygen atoms in total. The maximum atomic E-state index is 9.82. The molecule has 0 unspecified atom stereocenters. The fourth-order valence-corrected chi connectivity index (χ4v) is 0.0915. The van der Waals surface area contributed by atoms with Gasteiger partial charge in [-0.25, -0.2) is 9.59 Å².